The van der Waals surface area contributed by atoms with E-state index in [-0.39, 0.29) is 10.8 Å². The van der Waals surface area contributed by atoms with Crippen LogP contribution in [0.3, 0.4) is 0 Å². The molecule has 1 amide bonds. The SMILES string of the molecule is CC(=O)Nc1ccc(S(=O)(=O)OC(C)C(=O)c2ccccc2)cc1. The third-order valence-electron chi connectivity index (χ3n) is 3.16. The quantitative estimate of drug-likeness (QED) is 0.641. The van der Waals surface area contributed by atoms with Crippen LogP contribution in [-0.2, 0) is 19.1 Å². The van der Waals surface area contributed by atoms with Gasteiger partial charge in [-0.3, -0.25) is 13.8 Å². The molecule has 0 aliphatic heterocycles. The lowest BCUT2D eigenvalue weighted by Gasteiger charge is -2.12. The normalized spacial score (nSPS) is 12.4. The first kappa shape index (κ1) is 17.8. The highest BCUT2D eigenvalue weighted by Crippen LogP contribution is 2.19. The number of rotatable bonds is 6. The Kier molecular flexibility index (Phi) is 5.48. The van der Waals surface area contributed by atoms with E-state index in [0.29, 0.717) is 11.3 Å². The van der Waals surface area contributed by atoms with E-state index in [4.69, 9.17) is 4.18 Å². The molecule has 126 valence electrons. The average molecular weight is 347 g/mol. The van der Waals surface area contributed by atoms with Crippen molar-refractivity contribution >= 4 is 27.5 Å². The molecule has 7 heteroatoms. The maximum absolute atomic E-state index is 12.3. The van der Waals surface area contributed by atoms with Crippen molar-refractivity contribution in [2.24, 2.45) is 0 Å². The number of hydrogen-bond donors (Lipinski definition) is 1. The zero-order valence-corrected chi connectivity index (χ0v) is 14.0. The van der Waals surface area contributed by atoms with Crippen LogP contribution >= 0.6 is 0 Å². The van der Waals surface area contributed by atoms with Gasteiger partial charge in [-0.1, -0.05) is 30.3 Å². The fraction of sp³-hybridized carbons (Fsp3) is 0.176. The highest BCUT2D eigenvalue weighted by Gasteiger charge is 2.24. The van der Waals surface area contributed by atoms with Gasteiger partial charge in [-0.2, -0.15) is 8.42 Å². The summed E-state index contributed by atoms with van der Waals surface area (Å²) in [5.74, 6) is -0.682. The highest BCUT2D eigenvalue weighted by atomic mass is 32.2. The molecular formula is C17H17NO5S. The molecule has 0 saturated carbocycles. The third-order valence-corrected chi connectivity index (χ3v) is 4.55. The van der Waals surface area contributed by atoms with E-state index in [0.717, 1.165) is 0 Å². The first-order valence-electron chi connectivity index (χ1n) is 7.20. The molecule has 1 unspecified atom stereocenters. The molecular weight excluding hydrogens is 330 g/mol. The molecule has 0 aromatic heterocycles. The standard InChI is InChI=1S/C17H17NO5S/c1-12(17(20)14-6-4-3-5-7-14)23-24(21,22)16-10-8-15(9-11-16)18-13(2)19/h3-12H,1-2H3,(H,18,19). The van der Waals surface area contributed by atoms with Crippen molar-refractivity contribution in [3.05, 3.63) is 60.2 Å². The maximum Gasteiger partial charge on any atom is 0.297 e. The molecule has 2 aromatic carbocycles. The van der Waals surface area contributed by atoms with Gasteiger partial charge in [-0.05, 0) is 31.2 Å². The van der Waals surface area contributed by atoms with Gasteiger partial charge in [0, 0.05) is 18.2 Å². The summed E-state index contributed by atoms with van der Waals surface area (Å²) in [4.78, 5) is 23.1. The molecule has 1 N–H and O–H groups in total. The summed E-state index contributed by atoms with van der Waals surface area (Å²) < 4.78 is 29.5. The van der Waals surface area contributed by atoms with Crippen molar-refractivity contribution < 1.29 is 22.2 Å². The fourth-order valence-corrected chi connectivity index (χ4v) is 3.08. The second-order valence-electron chi connectivity index (χ2n) is 5.13. The summed E-state index contributed by atoms with van der Waals surface area (Å²) in [7, 11) is -4.09. The van der Waals surface area contributed by atoms with E-state index in [9.17, 15) is 18.0 Å². The Labute approximate surface area is 140 Å². The lowest BCUT2D eigenvalue weighted by Crippen LogP contribution is -2.24. The summed E-state index contributed by atoms with van der Waals surface area (Å²) >= 11 is 0. The van der Waals surface area contributed by atoms with Crippen molar-refractivity contribution in [3.63, 3.8) is 0 Å². The van der Waals surface area contributed by atoms with Gasteiger partial charge in [0.15, 0.2) is 5.78 Å². The number of carbonyl (C=O) groups excluding carboxylic acids is 2. The van der Waals surface area contributed by atoms with Crippen molar-refractivity contribution in [1.29, 1.82) is 0 Å². The molecule has 0 bridgehead atoms. The van der Waals surface area contributed by atoms with Crippen molar-refractivity contribution in [3.8, 4) is 0 Å². The molecule has 0 aliphatic carbocycles. The Bertz CT molecular complexity index is 829. The zero-order chi connectivity index (χ0) is 17.7. The zero-order valence-electron chi connectivity index (χ0n) is 13.2. The second kappa shape index (κ2) is 7.37. The molecule has 2 aromatic rings. The predicted molar refractivity (Wildman–Crippen MR) is 89.3 cm³/mol. The van der Waals surface area contributed by atoms with Crippen LogP contribution in [0.5, 0.6) is 0 Å². The van der Waals surface area contributed by atoms with Gasteiger partial charge in [-0.25, -0.2) is 0 Å². The van der Waals surface area contributed by atoms with Crippen molar-refractivity contribution in [2.75, 3.05) is 5.32 Å². The van der Waals surface area contributed by atoms with E-state index in [1.54, 1.807) is 30.3 Å². The summed E-state index contributed by atoms with van der Waals surface area (Å²) in [6.07, 6.45) is -1.15. The van der Waals surface area contributed by atoms with E-state index < -0.39 is 22.0 Å². The van der Waals surface area contributed by atoms with Gasteiger partial charge in [0.1, 0.15) is 6.10 Å². The van der Waals surface area contributed by atoms with E-state index >= 15 is 0 Å². The van der Waals surface area contributed by atoms with E-state index in [2.05, 4.69) is 5.32 Å². The number of ketones is 1. The molecule has 0 spiro atoms. The van der Waals surface area contributed by atoms with Crippen LogP contribution in [0.4, 0.5) is 5.69 Å². The number of carbonyl (C=O) groups is 2. The molecule has 1 atom stereocenters. The molecule has 0 heterocycles. The van der Waals surface area contributed by atoms with Crippen LogP contribution in [0, 0.1) is 0 Å². The lowest BCUT2D eigenvalue weighted by molar-refractivity contribution is -0.114. The van der Waals surface area contributed by atoms with Gasteiger partial charge in [0.2, 0.25) is 5.91 Å². The van der Waals surface area contributed by atoms with Gasteiger partial charge < -0.3 is 5.32 Å². The molecule has 2 rings (SSSR count). The highest BCUT2D eigenvalue weighted by molar-refractivity contribution is 7.86. The van der Waals surface area contributed by atoms with Crippen LogP contribution < -0.4 is 5.32 Å². The number of hydrogen-bond acceptors (Lipinski definition) is 5. The number of Topliss-reactive ketones (excluding diaryl/α,β-unsaturated/α-hetero) is 1. The first-order valence-corrected chi connectivity index (χ1v) is 8.60. The summed E-state index contributed by atoms with van der Waals surface area (Å²) in [5, 5.41) is 2.54. The number of benzene rings is 2. The van der Waals surface area contributed by atoms with Gasteiger partial charge in [-0.15, -0.1) is 0 Å². The smallest absolute Gasteiger partial charge is 0.297 e. The van der Waals surface area contributed by atoms with Gasteiger partial charge >= 0.3 is 0 Å². The minimum absolute atomic E-state index is 0.0932. The summed E-state index contributed by atoms with van der Waals surface area (Å²) in [6.45, 7) is 2.74. The first-order chi connectivity index (χ1) is 11.3. The monoisotopic (exact) mass is 347 g/mol. The van der Waals surface area contributed by atoms with Gasteiger partial charge in [0.25, 0.3) is 10.1 Å². The average Bonchev–Trinajstić information content (AvgIpc) is 2.54. The second-order valence-corrected chi connectivity index (χ2v) is 6.70. The fourth-order valence-electron chi connectivity index (χ4n) is 2.03. The topological polar surface area (TPSA) is 89.5 Å². The Morgan fingerprint density at radius 1 is 1.00 bits per heavy atom. The van der Waals surface area contributed by atoms with Crippen LogP contribution in [0.15, 0.2) is 59.5 Å². The maximum atomic E-state index is 12.3. The molecule has 0 radical (unpaired) electrons. The largest absolute Gasteiger partial charge is 0.326 e. The predicted octanol–water partition coefficient (Wildman–Crippen LogP) is 2.62. The number of anilines is 1. The Hall–Kier alpha value is -2.51. The van der Waals surface area contributed by atoms with E-state index in [1.807, 2.05) is 0 Å². The molecule has 6 nitrogen and oxygen atoms in total. The molecule has 0 fully saturated rings. The molecule has 24 heavy (non-hydrogen) atoms. The van der Waals surface area contributed by atoms with Crippen LogP contribution in [0.1, 0.15) is 24.2 Å². The summed E-state index contributed by atoms with van der Waals surface area (Å²) in [5.41, 5.74) is 0.844. The molecule has 0 saturated heterocycles. The minimum atomic E-state index is -4.09. The van der Waals surface area contributed by atoms with Crippen LogP contribution in [-0.4, -0.2) is 26.2 Å². The van der Waals surface area contributed by atoms with Crippen LogP contribution in [0.2, 0.25) is 0 Å². The van der Waals surface area contributed by atoms with Gasteiger partial charge in [0.05, 0.1) is 4.90 Å². The Morgan fingerprint density at radius 3 is 2.12 bits per heavy atom. The number of nitrogens with one attached hydrogen (secondary N) is 1. The third kappa shape index (κ3) is 4.50. The van der Waals surface area contributed by atoms with E-state index in [1.165, 1.54) is 38.1 Å². The Morgan fingerprint density at radius 2 is 1.58 bits per heavy atom. The van der Waals surface area contributed by atoms with Crippen molar-refractivity contribution in [2.45, 2.75) is 24.8 Å². The van der Waals surface area contributed by atoms with Crippen LogP contribution in [0.25, 0.3) is 0 Å². The van der Waals surface area contributed by atoms with Crippen molar-refractivity contribution in [1.82, 2.24) is 0 Å². The number of amides is 1. The Balaban J connectivity index is 2.13. The lowest BCUT2D eigenvalue weighted by atomic mass is 10.1. The summed E-state index contributed by atoms with van der Waals surface area (Å²) in [6, 6.07) is 13.8. The molecule has 0 aliphatic rings. The minimum Gasteiger partial charge on any atom is -0.326 e.